The number of carboxylic acid groups (broad SMARTS) is 1. The van der Waals surface area contributed by atoms with E-state index >= 15 is 0 Å². The molecule has 0 radical (unpaired) electrons. The Labute approximate surface area is 247 Å². The van der Waals surface area contributed by atoms with Gasteiger partial charge in [-0.25, -0.2) is 0 Å². The third kappa shape index (κ3) is 6.63. The number of para-hydroxylation sites is 1. The third-order valence-electron chi connectivity index (χ3n) is 8.20. The number of ether oxygens (including phenoxy) is 4. The molecule has 42 heavy (non-hydrogen) atoms. The lowest BCUT2D eigenvalue weighted by molar-refractivity contribution is -0.143. The van der Waals surface area contributed by atoms with Crippen LogP contribution in [0.2, 0.25) is 0 Å². The number of hydrogen-bond donors (Lipinski definition) is 2. The highest BCUT2D eigenvalue weighted by Crippen LogP contribution is 2.45. The molecule has 0 aromatic heterocycles. The molecule has 0 saturated carbocycles. The Kier molecular flexibility index (Phi) is 9.18. The zero-order chi connectivity index (χ0) is 29.8. The van der Waals surface area contributed by atoms with Crippen LogP contribution < -0.4 is 14.8 Å². The summed E-state index contributed by atoms with van der Waals surface area (Å²) in [5.74, 6) is -0.225. The van der Waals surface area contributed by atoms with E-state index in [-0.39, 0.29) is 37.2 Å². The number of aliphatic carboxylic acids is 1. The van der Waals surface area contributed by atoms with E-state index in [1.807, 2.05) is 87.2 Å². The van der Waals surface area contributed by atoms with Gasteiger partial charge in [0.2, 0.25) is 12.7 Å². The van der Waals surface area contributed by atoms with E-state index in [4.69, 9.17) is 18.9 Å². The molecule has 2 aromatic carbocycles. The minimum absolute atomic E-state index is 0.0766. The van der Waals surface area contributed by atoms with Gasteiger partial charge in [-0.2, -0.15) is 0 Å². The van der Waals surface area contributed by atoms with Crippen molar-refractivity contribution in [2.45, 2.75) is 52.2 Å². The summed E-state index contributed by atoms with van der Waals surface area (Å²) < 4.78 is 22.5. The molecule has 3 aliphatic rings. The van der Waals surface area contributed by atoms with Crippen molar-refractivity contribution >= 4 is 17.6 Å². The Bertz CT molecular complexity index is 1350. The van der Waals surface area contributed by atoms with Gasteiger partial charge >= 0.3 is 5.97 Å². The summed E-state index contributed by atoms with van der Waals surface area (Å²) in [4.78, 5) is 28.4. The Morgan fingerprint density at radius 2 is 1.86 bits per heavy atom. The number of nitrogens with zero attached hydrogens (tertiary/aromatic N) is 1. The molecule has 2 aliphatic heterocycles. The number of allylic oxidation sites excluding steroid dienone is 2. The summed E-state index contributed by atoms with van der Waals surface area (Å²) in [6, 6.07) is 11.1. The van der Waals surface area contributed by atoms with Crippen LogP contribution in [0, 0.1) is 25.7 Å². The van der Waals surface area contributed by atoms with Gasteiger partial charge in [-0.15, -0.1) is 0 Å². The fourth-order valence-electron chi connectivity index (χ4n) is 6.23. The molecular weight excluding hydrogens is 536 g/mol. The van der Waals surface area contributed by atoms with Gasteiger partial charge < -0.3 is 29.4 Å². The minimum Gasteiger partial charge on any atom is -0.492 e. The zero-order valence-corrected chi connectivity index (χ0v) is 24.7. The second-order valence-corrected chi connectivity index (χ2v) is 11.5. The molecule has 9 heteroatoms. The van der Waals surface area contributed by atoms with Crippen LogP contribution >= 0.6 is 0 Å². The summed E-state index contributed by atoms with van der Waals surface area (Å²) in [7, 11) is 0. The van der Waals surface area contributed by atoms with Crippen molar-refractivity contribution < 1.29 is 33.6 Å². The van der Waals surface area contributed by atoms with Gasteiger partial charge in [0.05, 0.1) is 25.2 Å². The number of amides is 1. The summed E-state index contributed by atoms with van der Waals surface area (Å²) >= 11 is 0. The Balaban J connectivity index is 1.38. The normalized spacial score (nSPS) is 23.2. The van der Waals surface area contributed by atoms with Crippen molar-refractivity contribution in [3.05, 3.63) is 77.1 Å². The van der Waals surface area contributed by atoms with Gasteiger partial charge in [-0.3, -0.25) is 14.5 Å². The first-order chi connectivity index (χ1) is 20.2. The number of benzene rings is 2. The number of fused-ring (bicyclic) bond motifs is 1. The maximum Gasteiger partial charge on any atom is 0.308 e. The largest absolute Gasteiger partial charge is 0.492 e. The van der Waals surface area contributed by atoms with Crippen LogP contribution in [0.15, 0.2) is 60.4 Å². The standard InChI is InChI=1S/C33H40N2O7/c1-20(2)39-14-15-40-25-11-8-23(9-12-25)32-30(33(37)38)26(24-10-13-27-28(16-24)42-19-41-27)17-35(32)18-29(36)34-31-21(3)6-5-7-22(31)4/h5-8,10-13,16,20,23,26,30,32H,9,14-15,17-19H2,1-4H3,(H,34,36)(H,37,38)/t23?,26-,30-,32+/m1/s1. The first kappa shape index (κ1) is 29.7. The number of aryl methyl sites for hydroxylation is 2. The molecule has 1 amide bonds. The number of carbonyl (C=O) groups excluding carboxylic acids is 1. The highest BCUT2D eigenvalue weighted by atomic mass is 16.7. The molecule has 2 aromatic rings. The van der Waals surface area contributed by atoms with Gasteiger partial charge in [0.25, 0.3) is 0 Å². The number of carbonyl (C=O) groups is 2. The summed E-state index contributed by atoms with van der Waals surface area (Å²) in [6.07, 6.45) is 6.68. The Morgan fingerprint density at radius 3 is 2.55 bits per heavy atom. The molecule has 1 saturated heterocycles. The molecule has 4 atom stereocenters. The highest BCUT2D eigenvalue weighted by molar-refractivity contribution is 5.94. The fourth-order valence-corrected chi connectivity index (χ4v) is 6.23. The number of rotatable bonds is 11. The predicted molar refractivity (Wildman–Crippen MR) is 159 cm³/mol. The van der Waals surface area contributed by atoms with Crippen LogP contribution in [0.1, 0.15) is 42.9 Å². The Morgan fingerprint density at radius 1 is 1.10 bits per heavy atom. The molecule has 5 rings (SSSR count). The van der Waals surface area contributed by atoms with E-state index in [9.17, 15) is 14.7 Å². The van der Waals surface area contributed by atoms with Crippen LogP contribution in [0.5, 0.6) is 11.5 Å². The Hall–Kier alpha value is -3.82. The average molecular weight is 577 g/mol. The second-order valence-electron chi connectivity index (χ2n) is 11.5. The van der Waals surface area contributed by atoms with Crippen molar-refractivity contribution in [1.82, 2.24) is 4.90 Å². The van der Waals surface area contributed by atoms with E-state index in [1.165, 1.54) is 0 Å². The SMILES string of the molecule is Cc1cccc(C)c1NC(=O)CN1C[C@H](c2ccc3c(c2)OCO3)[C@@H](C(=O)O)[C@@H]1C1C=CC(OCCOC(C)C)=CC1. The maximum absolute atomic E-state index is 13.4. The zero-order valence-electron chi connectivity index (χ0n) is 24.7. The van der Waals surface area contributed by atoms with Crippen molar-refractivity contribution in [1.29, 1.82) is 0 Å². The first-order valence-electron chi connectivity index (χ1n) is 14.6. The topological polar surface area (TPSA) is 107 Å². The maximum atomic E-state index is 13.4. The number of anilines is 1. The molecule has 0 bridgehead atoms. The van der Waals surface area contributed by atoms with Crippen LogP contribution in [-0.4, -0.2) is 67.1 Å². The molecule has 1 unspecified atom stereocenters. The molecule has 2 N–H and O–H groups in total. The van der Waals surface area contributed by atoms with E-state index in [0.29, 0.717) is 37.7 Å². The lowest BCUT2D eigenvalue weighted by atomic mass is 9.78. The van der Waals surface area contributed by atoms with Gasteiger partial charge in [0.15, 0.2) is 11.5 Å². The lowest BCUT2D eigenvalue weighted by Crippen LogP contribution is -2.44. The highest BCUT2D eigenvalue weighted by Gasteiger charge is 2.50. The molecule has 1 fully saturated rings. The van der Waals surface area contributed by atoms with Gasteiger partial charge in [-0.05, 0) is 81.0 Å². The number of hydrogen-bond acceptors (Lipinski definition) is 7. The minimum atomic E-state index is -0.884. The summed E-state index contributed by atoms with van der Waals surface area (Å²) in [5.41, 5.74) is 3.62. The predicted octanol–water partition coefficient (Wildman–Crippen LogP) is 5.04. The van der Waals surface area contributed by atoms with Crippen LogP contribution in [-0.2, 0) is 19.1 Å². The number of likely N-dealkylation sites (tertiary alicyclic amines) is 1. The van der Waals surface area contributed by atoms with E-state index < -0.39 is 17.9 Å². The van der Waals surface area contributed by atoms with Crippen molar-refractivity contribution in [2.24, 2.45) is 11.8 Å². The lowest BCUT2D eigenvalue weighted by Gasteiger charge is -2.33. The van der Waals surface area contributed by atoms with Crippen molar-refractivity contribution in [2.75, 3.05) is 38.4 Å². The molecule has 0 spiro atoms. The third-order valence-corrected chi connectivity index (χ3v) is 8.20. The first-order valence-corrected chi connectivity index (χ1v) is 14.6. The summed E-state index contributed by atoms with van der Waals surface area (Å²) in [6.45, 7) is 9.47. The molecule has 9 nitrogen and oxygen atoms in total. The molecule has 2 heterocycles. The average Bonchev–Trinajstić information content (AvgIpc) is 3.58. The quantitative estimate of drug-likeness (QED) is 0.359. The van der Waals surface area contributed by atoms with Crippen molar-refractivity contribution in [3.8, 4) is 11.5 Å². The van der Waals surface area contributed by atoms with Crippen LogP contribution in [0.3, 0.4) is 0 Å². The van der Waals surface area contributed by atoms with E-state index in [1.54, 1.807) is 0 Å². The van der Waals surface area contributed by atoms with E-state index in [2.05, 4.69) is 5.32 Å². The number of carboxylic acids is 1. The fraction of sp³-hybridized carbons (Fsp3) is 0.455. The van der Waals surface area contributed by atoms with E-state index in [0.717, 1.165) is 28.1 Å². The number of nitrogens with one attached hydrogen (secondary N) is 1. The second kappa shape index (κ2) is 13.0. The van der Waals surface area contributed by atoms with Gasteiger partial charge in [0.1, 0.15) is 12.4 Å². The van der Waals surface area contributed by atoms with Gasteiger partial charge in [-0.1, -0.05) is 30.3 Å². The smallest absolute Gasteiger partial charge is 0.308 e. The molecule has 1 aliphatic carbocycles. The monoisotopic (exact) mass is 576 g/mol. The van der Waals surface area contributed by atoms with Crippen LogP contribution in [0.25, 0.3) is 0 Å². The van der Waals surface area contributed by atoms with Crippen molar-refractivity contribution in [3.63, 3.8) is 0 Å². The summed E-state index contributed by atoms with van der Waals surface area (Å²) in [5, 5.41) is 13.7. The van der Waals surface area contributed by atoms with Gasteiger partial charge in [0, 0.05) is 24.2 Å². The molecule has 224 valence electrons. The molecular formula is C33H40N2O7. The van der Waals surface area contributed by atoms with Crippen LogP contribution in [0.4, 0.5) is 5.69 Å².